The van der Waals surface area contributed by atoms with Crippen LogP contribution in [0.2, 0.25) is 0 Å². The molecule has 1 aliphatic heterocycles. The van der Waals surface area contributed by atoms with Crippen LogP contribution in [0.3, 0.4) is 0 Å². The van der Waals surface area contributed by atoms with Gasteiger partial charge in [0.15, 0.2) is 11.5 Å². The molecule has 0 spiro atoms. The maximum atomic E-state index is 12.5. The van der Waals surface area contributed by atoms with Crippen molar-refractivity contribution >= 4 is 28.5 Å². The molecule has 3 aromatic rings. The van der Waals surface area contributed by atoms with Gasteiger partial charge in [-0.3, -0.25) is 4.79 Å². The van der Waals surface area contributed by atoms with E-state index < -0.39 is 5.97 Å². The van der Waals surface area contributed by atoms with Crippen molar-refractivity contribution in [3.8, 4) is 11.5 Å². The number of amides is 1. The number of carboxylic acids is 1. The van der Waals surface area contributed by atoms with E-state index in [0.29, 0.717) is 41.5 Å². The minimum absolute atomic E-state index is 0.0310. The predicted molar refractivity (Wildman–Crippen MR) is 95.0 cm³/mol. The Kier molecular flexibility index (Phi) is 3.96. The smallest absolute Gasteiger partial charge is 0.352 e. The van der Waals surface area contributed by atoms with Crippen LogP contribution in [0.15, 0.2) is 42.5 Å². The lowest BCUT2D eigenvalue weighted by atomic mass is 10.1. The van der Waals surface area contributed by atoms with Crippen molar-refractivity contribution in [2.45, 2.75) is 6.42 Å². The molecule has 4 rings (SSSR count). The minimum atomic E-state index is -1.09. The van der Waals surface area contributed by atoms with Gasteiger partial charge in [0.25, 0.3) is 0 Å². The quantitative estimate of drug-likeness (QED) is 0.670. The molecule has 0 radical (unpaired) electrons. The van der Waals surface area contributed by atoms with Crippen LogP contribution in [-0.2, 0) is 11.2 Å². The molecule has 0 bridgehead atoms. The van der Waals surface area contributed by atoms with Gasteiger partial charge in [-0.25, -0.2) is 4.79 Å². The fraction of sp³-hybridized carbons (Fsp3) is 0.158. The van der Waals surface area contributed by atoms with Crippen LogP contribution in [0.5, 0.6) is 11.5 Å². The number of H-pyrrole nitrogens is 1. The Morgan fingerprint density at radius 1 is 1.08 bits per heavy atom. The van der Waals surface area contributed by atoms with Crippen LogP contribution in [-0.4, -0.2) is 35.2 Å². The first-order chi connectivity index (χ1) is 12.6. The number of carbonyl (C=O) groups excluding carboxylic acids is 1. The number of para-hydroxylation sites is 1. The maximum Gasteiger partial charge on any atom is 0.352 e. The fourth-order valence-corrected chi connectivity index (χ4v) is 3.05. The molecule has 1 aromatic heterocycles. The number of nitrogens with one attached hydrogen (secondary N) is 2. The number of hydrogen-bond acceptors (Lipinski definition) is 4. The number of carboxylic acid groups (broad SMARTS) is 1. The summed E-state index contributed by atoms with van der Waals surface area (Å²) >= 11 is 0. The molecule has 0 unspecified atom stereocenters. The van der Waals surface area contributed by atoms with Crippen LogP contribution in [0.4, 0.5) is 5.69 Å². The van der Waals surface area contributed by atoms with E-state index >= 15 is 0 Å². The van der Waals surface area contributed by atoms with E-state index in [1.165, 1.54) is 0 Å². The van der Waals surface area contributed by atoms with E-state index in [1.54, 1.807) is 30.3 Å². The Hall–Kier alpha value is -3.48. The second kappa shape index (κ2) is 6.44. The van der Waals surface area contributed by atoms with Gasteiger partial charge in [-0.05, 0) is 18.2 Å². The van der Waals surface area contributed by atoms with Gasteiger partial charge in [-0.1, -0.05) is 18.2 Å². The largest absolute Gasteiger partial charge is 0.486 e. The third kappa shape index (κ3) is 2.95. The molecule has 7 nitrogen and oxygen atoms in total. The van der Waals surface area contributed by atoms with Crippen LogP contribution >= 0.6 is 0 Å². The molecule has 3 N–H and O–H groups in total. The highest BCUT2D eigenvalue weighted by atomic mass is 16.6. The van der Waals surface area contributed by atoms with Gasteiger partial charge in [0.05, 0.1) is 6.42 Å². The number of benzene rings is 2. The summed E-state index contributed by atoms with van der Waals surface area (Å²) < 4.78 is 11.0. The fourth-order valence-electron chi connectivity index (χ4n) is 3.05. The molecule has 1 amide bonds. The minimum Gasteiger partial charge on any atom is -0.486 e. The molecule has 0 fully saturated rings. The Labute approximate surface area is 148 Å². The first-order valence-electron chi connectivity index (χ1n) is 8.14. The zero-order chi connectivity index (χ0) is 18.1. The van der Waals surface area contributed by atoms with Crippen LogP contribution < -0.4 is 14.8 Å². The van der Waals surface area contributed by atoms with Crippen molar-refractivity contribution in [2.24, 2.45) is 0 Å². The van der Waals surface area contributed by atoms with Gasteiger partial charge in [-0.2, -0.15) is 0 Å². The van der Waals surface area contributed by atoms with Crippen molar-refractivity contribution in [3.05, 3.63) is 53.7 Å². The van der Waals surface area contributed by atoms with Crippen molar-refractivity contribution in [3.63, 3.8) is 0 Å². The lowest BCUT2D eigenvalue weighted by Crippen LogP contribution is -2.18. The number of carbonyl (C=O) groups is 2. The van der Waals surface area contributed by atoms with Gasteiger partial charge in [0, 0.05) is 28.2 Å². The molecule has 7 heteroatoms. The molecule has 0 atom stereocenters. The first-order valence-corrected chi connectivity index (χ1v) is 8.14. The lowest BCUT2D eigenvalue weighted by molar-refractivity contribution is -0.115. The second-order valence-corrected chi connectivity index (χ2v) is 5.91. The zero-order valence-electron chi connectivity index (χ0n) is 13.7. The lowest BCUT2D eigenvalue weighted by Gasteiger charge is -2.19. The SMILES string of the molecule is O=C(Cc1c(C(=O)O)[nH]c2ccccc12)Nc1ccc2c(c1)OCCO2. The van der Waals surface area contributed by atoms with Gasteiger partial charge in [0.1, 0.15) is 18.9 Å². The van der Waals surface area contributed by atoms with Crippen molar-refractivity contribution in [1.82, 2.24) is 4.98 Å². The summed E-state index contributed by atoms with van der Waals surface area (Å²) in [5.41, 5.74) is 1.75. The molecule has 0 saturated heterocycles. The summed E-state index contributed by atoms with van der Waals surface area (Å²) in [4.78, 5) is 26.8. The number of aromatic amines is 1. The van der Waals surface area contributed by atoms with Crippen LogP contribution in [0.1, 0.15) is 16.1 Å². The molecular formula is C19H16N2O5. The number of rotatable bonds is 4. The van der Waals surface area contributed by atoms with E-state index in [4.69, 9.17) is 9.47 Å². The van der Waals surface area contributed by atoms with E-state index in [-0.39, 0.29) is 18.0 Å². The number of aromatic nitrogens is 1. The predicted octanol–water partition coefficient (Wildman–Crippen LogP) is 2.82. The van der Waals surface area contributed by atoms with Crippen LogP contribution in [0.25, 0.3) is 10.9 Å². The number of aromatic carboxylic acids is 1. The normalized spacial score (nSPS) is 12.8. The summed E-state index contributed by atoms with van der Waals surface area (Å²) in [6.45, 7) is 0.957. The monoisotopic (exact) mass is 352 g/mol. The average molecular weight is 352 g/mol. The Morgan fingerprint density at radius 2 is 1.85 bits per heavy atom. The van der Waals surface area contributed by atoms with E-state index in [0.717, 1.165) is 5.39 Å². The van der Waals surface area contributed by atoms with Crippen LogP contribution in [0, 0.1) is 0 Å². The van der Waals surface area contributed by atoms with Crippen molar-refractivity contribution < 1.29 is 24.2 Å². The van der Waals surface area contributed by atoms with Crippen molar-refractivity contribution in [1.29, 1.82) is 0 Å². The highest BCUT2D eigenvalue weighted by Gasteiger charge is 2.20. The van der Waals surface area contributed by atoms with Gasteiger partial charge >= 0.3 is 5.97 Å². The number of hydrogen-bond donors (Lipinski definition) is 3. The standard InChI is InChI=1S/C19H16N2O5/c22-17(20-11-5-6-15-16(9-11)26-8-7-25-15)10-13-12-3-1-2-4-14(12)21-18(13)19(23)24/h1-6,9,21H,7-8,10H2,(H,20,22)(H,23,24). The molecule has 1 aliphatic rings. The van der Waals surface area contributed by atoms with E-state index in [1.807, 2.05) is 12.1 Å². The van der Waals surface area contributed by atoms with Crippen molar-refractivity contribution in [2.75, 3.05) is 18.5 Å². The Morgan fingerprint density at radius 3 is 2.65 bits per heavy atom. The molecule has 0 aliphatic carbocycles. The summed E-state index contributed by atoms with van der Waals surface area (Å²) in [7, 11) is 0. The van der Waals surface area contributed by atoms with Gasteiger partial charge in [-0.15, -0.1) is 0 Å². The molecule has 132 valence electrons. The summed E-state index contributed by atoms with van der Waals surface area (Å²) in [6, 6.07) is 12.3. The Bertz CT molecular complexity index is 1010. The summed E-state index contributed by atoms with van der Waals surface area (Å²) in [6.07, 6.45) is -0.0555. The number of ether oxygens (including phenoxy) is 2. The first kappa shape index (κ1) is 16.0. The molecule has 0 saturated carbocycles. The molecule has 2 aromatic carbocycles. The molecule has 26 heavy (non-hydrogen) atoms. The molecule has 2 heterocycles. The number of fused-ring (bicyclic) bond motifs is 2. The third-order valence-corrected chi connectivity index (χ3v) is 4.19. The maximum absolute atomic E-state index is 12.5. The third-order valence-electron chi connectivity index (χ3n) is 4.19. The number of anilines is 1. The summed E-state index contributed by atoms with van der Waals surface area (Å²) in [5.74, 6) is -0.191. The highest BCUT2D eigenvalue weighted by Crippen LogP contribution is 2.32. The highest BCUT2D eigenvalue weighted by molar-refractivity contribution is 6.02. The Balaban J connectivity index is 1.58. The van der Waals surface area contributed by atoms with E-state index in [9.17, 15) is 14.7 Å². The van der Waals surface area contributed by atoms with E-state index in [2.05, 4.69) is 10.3 Å². The zero-order valence-corrected chi connectivity index (χ0v) is 13.7. The average Bonchev–Trinajstić information content (AvgIpc) is 3.00. The second-order valence-electron chi connectivity index (χ2n) is 5.91. The summed E-state index contributed by atoms with van der Waals surface area (Å²) in [5, 5.41) is 12.9. The topological polar surface area (TPSA) is 101 Å². The molecular weight excluding hydrogens is 336 g/mol. The van der Waals surface area contributed by atoms with Gasteiger partial charge in [0.2, 0.25) is 5.91 Å². The van der Waals surface area contributed by atoms with Gasteiger partial charge < -0.3 is 24.9 Å².